The van der Waals surface area contributed by atoms with Gasteiger partial charge in [-0.05, 0) is 103 Å². The van der Waals surface area contributed by atoms with Gasteiger partial charge in [0.25, 0.3) is 0 Å². The summed E-state index contributed by atoms with van der Waals surface area (Å²) < 4.78 is 29.4. The van der Waals surface area contributed by atoms with Gasteiger partial charge in [0.1, 0.15) is 34.6 Å². The van der Waals surface area contributed by atoms with Crippen molar-refractivity contribution in [1.82, 2.24) is 5.32 Å². The van der Waals surface area contributed by atoms with Gasteiger partial charge in [0.2, 0.25) is 0 Å². The molecule has 0 heterocycles. The molecule has 0 radical (unpaired) electrons. The minimum absolute atomic E-state index is 0.317. The molecule has 2 aromatic carbocycles. The predicted molar refractivity (Wildman–Crippen MR) is 130 cm³/mol. The number of hydrogen-bond acceptors (Lipinski definition) is 6. The summed E-state index contributed by atoms with van der Waals surface area (Å²) in [7, 11) is 0. The van der Waals surface area contributed by atoms with Crippen LogP contribution in [0.4, 0.5) is 14.9 Å². The van der Waals surface area contributed by atoms with E-state index in [1.54, 1.807) is 65.8 Å². The van der Waals surface area contributed by atoms with Crippen molar-refractivity contribution in [1.29, 1.82) is 0 Å². The fraction of sp³-hybridized carbons (Fsp3) is 0.462. The number of halogens is 1. The number of rotatable bonds is 9. The van der Waals surface area contributed by atoms with Gasteiger partial charge in [-0.3, -0.25) is 0 Å². The van der Waals surface area contributed by atoms with Crippen LogP contribution in [0, 0.1) is 5.82 Å². The molecule has 186 valence electrons. The van der Waals surface area contributed by atoms with E-state index in [4.69, 9.17) is 14.2 Å². The van der Waals surface area contributed by atoms with Crippen LogP contribution in [0.2, 0.25) is 0 Å². The summed E-state index contributed by atoms with van der Waals surface area (Å²) in [4.78, 5) is 24.8. The van der Waals surface area contributed by atoms with Crippen LogP contribution in [-0.4, -0.2) is 35.9 Å². The van der Waals surface area contributed by atoms with Crippen LogP contribution < -0.4 is 15.4 Å². The lowest BCUT2D eigenvalue weighted by atomic mass is 10.1. The maximum absolute atomic E-state index is 13.0. The van der Waals surface area contributed by atoms with E-state index >= 15 is 0 Å². The van der Waals surface area contributed by atoms with E-state index in [0.717, 1.165) is 5.69 Å². The van der Waals surface area contributed by atoms with Crippen molar-refractivity contribution in [2.24, 2.45) is 0 Å². The van der Waals surface area contributed by atoms with Gasteiger partial charge in [0, 0.05) is 12.2 Å². The van der Waals surface area contributed by atoms with Crippen LogP contribution >= 0.6 is 0 Å². The lowest BCUT2D eigenvalue weighted by Crippen LogP contribution is -2.46. The number of esters is 1. The molecular formula is C26H35FN2O5. The second-order valence-electron chi connectivity index (χ2n) is 9.88. The van der Waals surface area contributed by atoms with Gasteiger partial charge in [-0.15, -0.1) is 0 Å². The van der Waals surface area contributed by atoms with E-state index < -0.39 is 29.3 Å². The van der Waals surface area contributed by atoms with Gasteiger partial charge >= 0.3 is 12.1 Å². The Bertz CT molecular complexity index is 932. The van der Waals surface area contributed by atoms with Crippen LogP contribution in [0.1, 0.15) is 54.4 Å². The first kappa shape index (κ1) is 27.0. The Labute approximate surface area is 201 Å². The summed E-state index contributed by atoms with van der Waals surface area (Å²) in [6, 6.07) is 12.3. The SMILES string of the molecule is CC(C)(C)OC(=O)NC(CCCNc1ccc(Oc2ccc(F)cc2)cc1)C(=O)OC(C)(C)C. The summed E-state index contributed by atoms with van der Waals surface area (Å²) in [6.07, 6.45) is 0.327. The zero-order valence-corrected chi connectivity index (χ0v) is 20.7. The molecule has 7 nitrogen and oxygen atoms in total. The zero-order chi connectivity index (χ0) is 25.4. The van der Waals surface area contributed by atoms with Crippen molar-refractivity contribution < 1.29 is 28.2 Å². The number of hydrogen-bond donors (Lipinski definition) is 2. The molecule has 2 N–H and O–H groups in total. The van der Waals surface area contributed by atoms with E-state index in [1.165, 1.54) is 12.1 Å². The lowest BCUT2D eigenvalue weighted by molar-refractivity contribution is -0.157. The molecule has 0 fully saturated rings. The number of carbonyl (C=O) groups excluding carboxylic acids is 2. The highest BCUT2D eigenvalue weighted by Gasteiger charge is 2.28. The summed E-state index contributed by atoms with van der Waals surface area (Å²) in [6.45, 7) is 11.2. The molecule has 1 atom stereocenters. The Balaban J connectivity index is 1.86. The third-order valence-corrected chi connectivity index (χ3v) is 4.28. The van der Waals surface area contributed by atoms with E-state index in [-0.39, 0.29) is 5.82 Å². The van der Waals surface area contributed by atoms with Gasteiger partial charge in [0.15, 0.2) is 0 Å². The number of carbonyl (C=O) groups is 2. The highest BCUT2D eigenvalue weighted by atomic mass is 19.1. The second kappa shape index (κ2) is 11.7. The minimum Gasteiger partial charge on any atom is -0.458 e. The highest BCUT2D eigenvalue weighted by molar-refractivity contribution is 5.81. The third-order valence-electron chi connectivity index (χ3n) is 4.28. The van der Waals surface area contributed by atoms with E-state index in [0.29, 0.717) is 30.9 Å². The minimum atomic E-state index is -0.817. The summed E-state index contributed by atoms with van der Waals surface area (Å²) in [5, 5.41) is 5.90. The number of ether oxygens (including phenoxy) is 3. The standard InChI is InChI=1S/C26H35FN2O5/c1-25(2,3)33-23(30)22(29-24(31)34-26(4,5)6)8-7-17-28-19-11-15-21(16-12-19)32-20-13-9-18(27)10-14-20/h9-16,22,28H,7-8,17H2,1-6H3,(H,29,31). The number of anilines is 1. The molecule has 0 bridgehead atoms. The number of benzene rings is 2. The molecule has 0 aliphatic rings. The molecule has 0 spiro atoms. The van der Waals surface area contributed by atoms with Gasteiger partial charge in [0.05, 0.1) is 0 Å². The third kappa shape index (κ3) is 10.6. The zero-order valence-electron chi connectivity index (χ0n) is 20.7. The Kier molecular flexibility index (Phi) is 9.29. The van der Waals surface area contributed by atoms with Crippen LogP contribution in [0.15, 0.2) is 48.5 Å². The van der Waals surface area contributed by atoms with Crippen LogP contribution in [-0.2, 0) is 14.3 Å². The molecule has 1 unspecified atom stereocenters. The van der Waals surface area contributed by atoms with Crippen LogP contribution in [0.5, 0.6) is 11.5 Å². The fourth-order valence-corrected chi connectivity index (χ4v) is 2.89. The number of amides is 1. The van der Waals surface area contributed by atoms with Crippen molar-refractivity contribution >= 4 is 17.7 Å². The molecular weight excluding hydrogens is 439 g/mol. The average molecular weight is 475 g/mol. The Hall–Kier alpha value is -3.29. The first-order chi connectivity index (χ1) is 15.8. The maximum atomic E-state index is 13.0. The summed E-state index contributed by atoms with van der Waals surface area (Å²) in [5.74, 6) is 0.360. The molecule has 2 rings (SSSR count). The average Bonchev–Trinajstić information content (AvgIpc) is 2.70. The summed E-state index contributed by atoms with van der Waals surface area (Å²) >= 11 is 0. The first-order valence-corrected chi connectivity index (χ1v) is 11.3. The van der Waals surface area contributed by atoms with E-state index in [1.807, 2.05) is 12.1 Å². The smallest absolute Gasteiger partial charge is 0.408 e. The normalized spacial score (nSPS) is 12.4. The second-order valence-corrected chi connectivity index (χ2v) is 9.88. The highest BCUT2D eigenvalue weighted by Crippen LogP contribution is 2.23. The largest absolute Gasteiger partial charge is 0.458 e. The summed E-state index contributed by atoms with van der Waals surface area (Å²) in [5.41, 5.74) is -0.460. The molecule has 1 amide bonds. The van der Waals surface area contributed by atoms with Crippen LogP contribution in [0.3, 0.4) is 0 Å². The van der Waals surface area contributed by atoms with Crippen LogP contribution in [0.25, 0.3) is 0 Å². The maximum Gasteiger partial charge on any atom is 0.408 e. The molecule has 0 aromatic heterocycles. The van der Waals surface area contributed by atoms with Gasteiger partial charge in [-0.2, -0.15) is 0 Å². The van der Waals surface area contributed by atoms with Crippen molar-refractivity contribution in [3.05, 3.63) is 54.3 Å². The molecule has 34 heavy (non-hydrogen) atoms. The number of alkyl carbamates (subject to hydrolysis) is 1. The Morgan fingerprint density at radius 3 is 1.91 bits per heavy atom. The van der Waals surface area contributed by atoms with E-state index in [9.17, 15) is 14.0 Å². The lowest BCUT2D eigenvalue weighted by Gasteiger charge is -2.26. The topological polar surface area (TPSA) is 85.9 Å². The molecule has 8 heteroatoms. The van der Waals surface area contributed by atoms with E-state index in [2.05, 4.69) is 10.6 Å². The number of nitrogens with one attached hydrogen (secondary N) is 2. The Morgan fingerprint density at radius 1 is 0.853 bits per heavy atom. The molecule has 2 aromatic rings. The van der Waals surface area contributed by atoms with Crippen molar-refractivity contribution in [3.63, 3.8) is 0 Å². The molecule has 0 aliphatic carbocycles. The quantitative estimate of drug-likeness (QED) is 0.340. The molecule has 0 aliphatic heterocycles. The predicted octanol–water partition coefficient (Wildman–Crippen LogP) is 6.05. The first-order valence-electron chi connectivity index (χ1n) is 11.3. The van der Waals surface area contributed by atoms with Gasteiger partial charge in [-0.25, -0.2) is 14.0 Å². The molecule has 0 saturated carbocycles. The fourth-order valence-electron chi connectivity index (χ4n) is 2.89. The van der Waals surface area contributed by atoms with Crippen molar-refractivity contribution in [2.45, 2.75) is 71.6 Å². The van der Waals surface area contributed by atoms with Gasteiger partial charge in [-0.1, -0.05) is 0 Å². The van der Waals surface area contributed by atoms with Crippen molar-refractivity contribution in [3.8, 4) is 11.5 Å². The van der Waals surface area contributed by atoms with Gasteiger partial charge < -0.3 is 24.8 Å². The monoisotopic (exact) mass is 474 g/mol. The molecule has 0 saturated heterocycles. The van der Waals surface area contributed by atoms with Crippen molar-refractivity contribution in [2.75, 3.05) is 11.9 Å². The Morgan fingerprint density at radius 2 is 1.38 bits per heavy atom.